The highest BCUT2D eigenvalue weighted by Crippen LogP contribution is 2.31. The maximum atomic E-state index is 6.36. The summed E-state index contributed by atoms with van der Waals surface area (Å²) in [5.41, 5.74) is 4.80. The lowest BCUT2D eigenvalue weighted by Gasteiger charge is -2.10. The summed E-state index contributed by atoms with van der Waals surface area (Å²) in [5.74, 6) is 0.907. The Labute approximate surface area is 151 Å². The summed E-state index contributed by atoms with van der Waals surface area (Å²) >= 11 is 6.36. The number of hydrogen-bond donors (Lipinski definition) is 1. The minimum Gasteiger partial charge on any atom is -0.366 e. The van der Waals surface area contributed by atoms with E-state index in [2.05, 4.69) is 27.5 Å². The van der Waals surface area contributed by atoms with E-state index in [0.717, 1.165) is 34.8 Å². The molecule has 2 heterocycles. The zero-order valence-electron chi connectivity index (χ0n) is 13.8. The second-order valence-corrected chi connectivity index (χ2v) is 6.30. The van der Waals surface area contributed by atoms with E-state index in [-0.39, 0.29) is 0 Å². The first kappa shape index (κ1) is 15.7. The van der Waals surface area contributed by atoms with E-state index in [9.17, 15) is 0 Å². The Hall–Kier alpha value is -2.85. The minimum absolute atomic E-state index is 0.694. The molecule has 0 radical (unpaired) electrons. The number of benzene rings is 2. The van der Waals surface area contributed by atoms with Crippen LogP contribution in [0.4, 0.5) is 5.82 Å². The summed E-state index contributed by atoms with van der Waals surface area (Å²) in [6.45, 7) is 2.71. The van der Waals surface area contributed by atoms with Gasteiger partial charge in [-0.05, 0) is 18.6 Å². The zero-order valence-corrected chi connectivity index (χ0v) is 14.5. The Morgan fingerprint density at radius 2 is 1.76 bits per heavy atom. The third-order valence-corrected chi connectivity index (χ3v) is 4.41. The van der Waals surface area contributed by atoms with E-state index in [4.69, 9.17) is 11.6 Å². The summed E-state index contributed by atoms with van der Waals surface area (Å²) in [6, 6.07) is 20.0. The van der Waals surface area contributed by atoms with Gasteiger partial charge in [0.2, 0.25) is 0 Å². The summed E-state index contributed by atoms with van der Waals surface area (Å²) < 4.78 is 1.83. The van der Waals surface area contributed by atoms with Crippen LogP contribution < -0.4 is 5.32 Å². The largest absolute Gasteiger partial charge is 0.366 e. The molecule has 4 nitrogen and oxygen atoms in total. The number of aryl methyl sites for hydroxylation is 1. The Bertz CT molecular complexity index is 1020. The first-order valence-electron chi connectivity index (χ1n) is 8.10. The summed E-state index contributed by atoms with van der Waals surface area (Å²) in [6.07, 6.45) is 1.82. The topological polar surface area (TPSA) is 42.2 Å². The van der Waals surface area contributed by atoms with Gasteiger partial charge in [-0.1, -0.05) is 60.1 Å². The Morgan fingerprint density at radius 1 is 1.00 bits per heavy atom. The van der Waals surface area contributed by atoms with E-state index in [1.54, 1.807) is 0 Å². The average molecular weight is 349 g/mol. The molecule has 0 aliphatic rings. The number of hydrogen-bond acceptors (Lipinski definition) is 3. The van der Waals surface area contributed by atoms with Crippen molar-refractivity contribution in [3.05, 3.63) is 83.1 Å². The molecule has 124 valence electrons. The number of anilines is 1. The number of rotatable bonds is 4. The Balaban J connectivity index is 1.75. The van der Waals surface area contributed by atoms with Crippen LogP contribution in [0, 0.1) is 6.92 Å². The SMILES string of the molecule is Cc1cc(NCc2ccccc2)n2ncc(-c3ccccc3Cl)c2n1. The molecule has 1 N–H and O–H groups in total. The van der Waals surface area contributed by atoms with Crippen molar-refractivity contribution in [1.82, 2.24) is 14.6 Å². The van der Waals surface area contributed by atoms with Crippen LogP contribution in [0.3, 0.4) is 0 Å². The highest BCUT2D eigenvalue weighted by molar-refractivity contribution is 6.33. The molecule has 25 heavy (non-hydrogen) atoms. The lowest BCUT2D eigenvalue weighted by Crippen LogP contribution is -2.06. The van der Waals surface area contributed by atoms with Crippen LogP contribution in [-0.2, 0) is 6.54 Å². The minimum atomic E-state index is 0.694. The maximum Gasteiger partial charge on any atom is 0.165 e. The van der Waals surface area contributed by atoms with Gasteiger partial charge < -0.3 is 5.32 Å². The quantitative estimate of drug-likeness (QED) is 0.566. The first-order valence-corrected chi connectivity index (χ1v) is 8.48. The van der Waals surface area contributed by atoms with Crippen LogP contribution in [-0.4, -0.2) is 14.6 Å². The van der Waals surface area contributed by atoms with Crippen LogP contribution in [0.25, 0.3) is 16.8 Å². The van der Waals surface area contributed by atoms with E-state index in [1.807, 2.05) is 66.2 Å². The van der Waals surface area contributed by atoms with Gasteiger partial charge in [-0.2, -0.15) is 9.61 Å². The lowest BCUT2D eigenvalue weighted by atomic mass is 10.1. The molecule has 0 spiro atoms. The number of nitrogens with one attached hydrogen (secondary N) is 1. The van der Waals surface area contributed by atoms with Crippen molar-refractivity contribution >= 4 is 23.1 Å². The predicted molar refractivity (Wildman–Crippen MR) is 102 cm³/mol. The molecule has 0 saturated carbocycles. The summed E-state index contributed by atoms with van der Waals surface area (Å²) in [4.78, 5) is 4.67. The molecule has 0 bridgehead atoms. The van der Waals surface area contributed by atoms with Crippen LogP contribution in [0.5, 0.6) is 0 Å². The van der Waals surface area contributed by atoms with Crippen LogP contribution in [0.2, 0.25) is 5.02 Å². The lowest BCUT2D eigenvalue weighted by molar-refractivity contribution is 0.917. The van der Waals surface area contributed by atoms with Crippen molar-refractivity contribution in [2.45, 2.75) is 13.5 Å². The fraction of sp³-hybridized carbons (Fsp3) is 0.100. The van der Waals surface area contributed by atoms with E-state index in [0.29, 0.717) is 5.02 Å². The van der Waals surface area contributed by atoms with Crippen molar-refractivity contribution < 1.29 is 0 Å². The molecule has 4 aromatic rings. The standard InChI is InChI=1S/C20H17ClN4/c1-14-11-19(22-12-15-7-3-2-4-8-15)25-20(24-14)17(13-23-25)16-9-5-6-10-18(16)21/h2-11,13,22H,12H2,1H3. The highest BCUT2D eigenvalue weighted by Gasteiger charge is 2.13. The summed E-state index contributed by atoms with van der Waals surface area (Å²) in [7, 11) is 0. The van der Waals surface area contributed by atoms with Crippen molar-refractivity contribution in [3.8, 4) is 11.1 Å². The molecule has 0 atom stereocenters. The predicted octanol–water partition coefficient (Wildman–Crippen LogP) is 4.97. The Morgan fingerprint density at radius 3 is 2.56 bits per heavy atom. The Kier molecular flexibility index (Phi) is 4.12. The molecule has 0 amide bonds. The highest BCUT2D eigenvalue weighted by atomic mass is 35.5. The zero-order chi connectivity index (χ0) is 17.2. The van der Waals surface area contributed by atoms with Gasteiger partial charge in [0.25, 0.3) is 0 Å². The monoisotopic (exact) mass is 348 g/mol. The second kappa shape index (κ2) is 6.57. The normalized spacial score (nSPS) is 11.0. The van der Waals surface area contributed by atoms with Gasteiger partial charge in [0.05, 0.1) is 6.20 Å². The van der Waals surface area contributed by atoms with Crippen LogP contribution >= 0.6 is 11.6 Å². The maximum absolute atomic E-state index is 6.36. The third-order valence-electron chi connectivity index (χ3n) is 4.08. The van der Waals surface area contributed by atoms with E-state index >= 15 is 0 Å². The molecule has 5 heteroatoms. The van der Waals surface area contributed by atoms with Gasteiger partial charge in [-0.3, -0.25) is 0 Å². The summed E-state index contributed by atoms with van der Waals surface area (Å²) in [5, 5.41) is 8.67. The number of nitrogens with zero attached hydrogens (tertiary/aromatic N) is 3. The van der Waals surface area contributed by atoms with Gasteiger partial charge in [0, 0.05) is 34.5 Å². The fourth-order valence-corrected chi connectivity index (χ4v) is 3.11. The molecule has 2 aromatic carbocycles. The van der Waals surface area contributed by atoms with Gasteiger partial charge in [-0.15, -0.1) is 0 Å². The van der Waals surface area contributed by atoms with Crippen LogP contribution in [0.15, 0.2) is 66.9 Å². The fourth-order valence-electron chi connectivity index (χ4n) is 2.87. The van der Waals surface area contributed by atoms with Gasteiger partial charge in [-0.25, -0.2) is 4.98 Å². The third kappa shape index (κ3) is 3.08. The van der Waals surface area contributed by atoms with Crippen molar-refractivity contribution in [1.29, 1.82) is 0 Å². The average Bonchev–Trinajstić information content (AvgIpc) is 3.04. The van der Waals surface area contributed by atoms with Gasteiger partial charge >= 0.3 is 0 Å². The molecule has 0 saturated heterocycles. The molecule has 0 aliphatic heterocycles. The number of halogens is 1. The molecule has 0 fully saturated rings. The molecular formula is C20H17ClN4. The molecular weight excluding hydrogens is 332 g/mol. The van der Waals surface area contributed by atoms with Crippen molar-refractivity contribution in [3.63, 3.8) is 0 Å². The van der Waals surface area contributed by atoms with Crippen molar-refractivity contribution in [2.75, 3.05) is 5.32 Å². The van der Waals surface area contributed by atoms with E-state index in [1.165, 1.54) is 5.56 Å². The molecule has 0 aliphatic carbocycles. The van der Waals surface area contributed by atoms with E-state index < -0.39 is 0 Å². The first-order chi connectivity index (χ1) is 12.2. The van der Waals surface area contributed by atoms with Crippen molar-refractivity contribution in [2.24, 2.45) is 0 Å². The van der Waals surface area contributed by atoms with Gasteiger partial charge in [0.1, 0.15) is 5.82 Å². The molecule has 0 unspecified atom stereocenters. The molecule has 2 aromatic heterocycles. The molecule has 4 rings (SSSR count). The smallest absolute Gasteiger partial charge is 0.165 e. The number of aromatic nitrogens is 3. The second-order valence-electron chi connectivity index (χ2n) is 5.90. The number of fused-ring (bicyclic) bond motifs is 1. The van der Waals surface area contributed by atoms with Crippen LogP contribution in [0.1, 0.15) is 11.3 Å². The van der Waals surface area contributed by atoms with Gasteiger partial charge in [0.15, 0.2) is 5.65 Å².